The summed E-state index contributed by atoms with van der Waals surface area (Å²) in [5, 5.41) is 0. The normalized spacial score (nSPS) is 17.4. The number of benzene rings is 2. The van der Waals surface area contributed by atoms with E-state index < -0.39 is 5.97 Å². The summed E-state index contributed by atoms with van der Waals surface area (Å²) in [6, 6.07) is 12.4. The summed E-state index contributed by atoms with van der Waals surface area (Å²) in [7, 11) is 0. The van der Waals surface area contributed by atoms with Crippen LogP contribution in [0, 0.1) is 5.92 Å². The van der Waals surface area contributed by atoms with Crippen molar-refractivity contribution < 1.29 is 23.8 Å². The third kappa shape index (κ3) is 10.2. The molecule has 2 aromatic carbocycles. The van der Waals surface area contributed by atoms with Gasteiger partial charge in [-0.15, -0.1) is 0 Å². The van der Waals surface area contributed by atoms with Crippen molar-refractivity contribution in [1.82, 2.24) is 0 Å². The van der Waals surface area contributed by atoms with E-state index in [9.17, 15) is 9.59 Å². The predicted molar refractivity (Wildman–Crippen MR) is 151 cm³/mol. The number of nitrogen functional groups attached to an aromatic ring is 2. The van der Waals surface area contributed by atoms with Gasteiger partial charge < -0.3 is 25.7 Å². The fourth-order valence-corrected chi connectivity index (χ4v) is 4.58. The van der Waals surface area contributed by atoms with E-state index in [1.807, 2.05) is 6.07 Å². The van der Waals surface area contributed by atoms with Gasteiger partial charge in [0.1, 0.15) is 5.75 Å². The zero-order valence-electron chi connectivity index (χ0n) is 22.5. The second-order valence-electron chi connectivity index (χ2n) is 9.96. The molecule has 4 N–H and O–H groups in total. The Bertz CT molecular complexity index is 1040. The van der Waals surface area contributed by atoms with Gasteiger partial charge in [-0.05, 0) is 73.6 Å². The Morgan fingerprint density at radius 2 is 1.66 bits per heavy atom. The van der Waals surface area contributed by atoms with Crippen LogP contribution in [0.2, 0.25) is 0 Å². The molecule has 0 radical (unpaired) electrons. The van der Waals surface area contributed by atoms with Crippen molar-refractivity contribution in [3.05, 3.63) is 59.7 Å². The molecule has 0 aromatic heterocycles. The molecule has 7 heteroatoms. The van der Waals surface area contributed by atoms with Crippen molar-refractivity contribution in [3.8, 4) is 5.75 Å². The highest BCUT2D eigenvalue weighted by molar-refractivity contribution is 5.87. The predicted octanol–water partition coefficient (Wildman–Crippen LogP) is 6.10. The minimum Gasteiger partial charge on any atom is -0.462 e. The Morgan fingerprint density at radius 3 is 2.37 bits per heavy atom. The van der Waals surface area contributed by atoms with Gasteiger partial charge in [0.15, 0.2) is 0 Å². The van der Waals surface area contributed by atoms with E-state index in [2.05, 4.69) is 6.92 Å². The molecule has 3 rings (SSSR count). The largest absolute Gasteiger partial charge is 0.462 e. The van der Waals surface area contributed by atoms with Crippen molar-refractivity contribution in [2.45, 2.75) is 77.2 Å². The third-order valence-corrected chi connectivity index (χ3v) is 6.91. The van der Waals surface area contributed by atoms with Crippen LogP contribution in [-0.2, 0) is 25.5 Å². The summed E-state index contributed by atoms with van der Waals surface area (Å²) < 4.78 is 16.9. The lowest BCUT2D eigenvalue weighted by Gasteiger charge is -2.27. The lowest BCUT2D eigenvalue weighted by Crippen LogP contribution is -2.29. The van der Waals surface area contributed by atoms with Crippen molar-refractivity contribution in [2.24, 2.45) is 5.92 Å². The maximum Gasteiger partial charge on any atom is 0.330 e. The zero-order valence-corrected chi connectivity index (χ0v) is 22.5. The minimum absolute atomic E-state index is 0.0858. The molecule has 38 heavy (non-hydrogen) atoms. The fraction of sp³-hybridized carbons (Fsp3) is 0.484. The van der Waals surface area contributed by atoms with Gasteiger partial charge in [-0.1, -0.05) is 50.8 Å². The van der Waals surface area contributed by atoms with Crippen LogP contribution in [0.4, 0.5) is 11.4 Å². The average Bonchev–Trinajstić information content (AvgIpc) is 2.92. The SMILES string of the molecule is CCCCCCCOC1CCC(C(=O)Oc2ccc(C=CC(=O)OCCc3ccc(N)cc3N)cc2)CC1. The molecule has 0 heterocycles. The molecule has 0 aliphatic heterocycles. The van der Waals surface area contributed by atoms with Crippen LogP contribution < -0.4 is 16.2 Å². The van der Waals surface area contributed by atoms with Crippen LogP contribution in [0.3, 0.4) is 0 Å². The number of carbonyl (C=O) groups excluding carboxylic acids is 2. The van der Waals surface area contributed by atoms with Crippen molar-refractivity contribution in [3.63, 3.8) is 0 Å². The number of esters is 2. The van der Waals surface area contributed by atoms with Crippen molar-refractivity contribution >= 4 is 29.4 Å². The Balaban J connectivity index is 1.33. The van der Waals surface area contributed by atoms with Gasteiger partial charge in [0.05, 0.1) is 18.6 Å². The summed E-state index contributed by atoms with van der Waals surface area (Å²) in [4.78, 5) is 24.7. The molecule has 1 aliphatic carbocycles. The molecule has 0 amide bonds. The first-order chi connectivity index (χ1) is 18.4. The first-order valence-corrected chi connectivity index (χ1v) is 13.9. The maximum absolute atomic E-state index is 12.6. The van der Waals surface area contributed by atoms with E-state index in [-0.39, 0.29) is 24.6 Å². The monoisotopic (exact) mass is 522 g/mol. The number of hydrogen-bond acceptors (Lipinski definition) is 7. The summed E-state index contributed by atoms with van der Waals surface area (Å²) in [6.07, 6.45) is 13.4. The van der Waals surface area contributed by atoms with Crippen LogP contribution in [0.1, 0.15) is 75.8 Å². The highest BCUT2D eigenvalue weighted by Crippen LogP contribution is 2.28. The highest BCUT2D eigenvalue weighted by atomic mass is 16.5. The van der Waals surface area contributed by atoms with E-state index in [1.165, 1.54) is 31.8 Å². The lowest BCUT2D eigenvalue weighted by molar-refractivity contribution is -0.141. The van der Waals surface area contributed by atoms with Gasteiger partial charge in [0.25, 0.3) is 0 Å². The van der Waals surface area contributed by atoms with E-state index in [4.69, 9.17) is 25.7 Å². The first-order valence-electron chi connectivity index (χ1n) is 13.9. The molecule has 2 aromatic rings. The number of nitrogens with two attached hydrogens (primary N) is 2. The van der Waals surface area contributed by atoms with Crippen LogP contribution in [0.5, 0.6) is 5.75 Å². The van der Waals surface area contributed by atoms with Gasteiger partial charge in [-0.2, -0.15) is 0 Å². The molecule has 0 bridgehead atoms. The van der Waals surface area contributed by atoms with Gasteiger partial charge in [-0.3, -0.25) is 4.79 Å². The maximum atomic E-state index is 12.6. The molecule has 0 spiro atoms. The zero-order chi connectivity index (χ0) is 27.2. The highest BCUT2D eigenvalue weighted by Gasteiger charge is 2.28. The summed E-state index contributed by atoms with van der Waals surface area (Å²) in [6.45, 7) is 3.26. The van der Waals surface area contributed by atoms with Crippen LogP contribution in [-0.4, -0.2) is 31.3 Å². The first kappa shape index (κ1) is 29.2. The smallest absolute Gasteiger partial charge is 0.330 e. The number of carbonyl (C=O) groups is 2. The van der Waals surface area contributed by atoms with E-state index in [0.717, 1.165) is 49.8 Å². The molecule has 1 fully saturated rings. The molecule has 206 valence electrons. The van der Waals surface area contributed by atoms with E-state index >= 15 is 0 Å². The second-order valence-corrected chi connectivity index (χ2v) is 9.96. The van der Waals surface area contributed by atoms with Crippen LogP contribution in [0.25, 0.3) is 6.08 Å². The number of ether oxygens (including phenoxy) is 3. The van der Waals surface area contributed by atoms with Crippen molar-refractivity contribution in [1.29, 1.82) is 0 Å². The standard InChI is InChI=1S/C31H42N2O5/c1-2-3-4-5-6-20-36-27-16-11-25(12-17-27)31(35)38-28-14-7-23(8-15-28)9-18-30(34)37-21-19-24-10-13-26(32)22-29(24)33/h7-10,13-15,18,22,25,27H,2-6,11-12,16-17,19-21,32-33H2,1H3. The van der Waals surface area contributed by atoms with Gasteiger partial charge in [0, 0.05) is 30.5 Å². The number of rotatable bonds is 14. The Kier molecular flexibility index (Phi) is 12.2. The Morgan fingerprint density at radius 1 is 0.921 bits per heavy atom. The molecule has 1 aliphatic rings. The van der Waals surface area contributed by atoms with Gasteiger partial charge in [-0.25, -0.2) is 4.79 Å². The molecule has 7 nitrogen and oxygen atoms in total. The molecular formula is C31H42N2O5. The average molecular weight is 523 g/mol. The quantitative estimate of drug-likeness (QED) is 0.101. The lowest BCUT2D eigenvalue weighted by atomic mass is 9.87. The van der Waals surface area contributed by atoms with Gasteiger partial charge in [0.2, 0.25) is 0 Å². The number of hydrogen-bond donors (Lipinski definition) is 2. The fourth-order valence-electron chi connectivity index (χ4n) is 4.58. The van der Waals surface area contributed by atoms with Gasteiger partial charge >= 0.3 is 11.9 Å². The molecule has 1 saturated carbocycles. The third-order valence-electron chi connectivity index (χ3n) is 6.91. The topological polar surface area (TPSA) is 114 Å². The Hall–Kier alpha value is -3.32. The number of anilines is 2. The molecular weight excluding hydrogens is 480 g/mol. The Labute approximate surface area is 226 Å². The van der Waals surface area contributed by atoms with E-state index in [0.29, 0.717) is 23.5 Å². The summed E-state index contributed by atoms with van der Waals surface area (Å²) in [5.74, 6) is -0.208. The second kappa shape index (κ2) is 15.8. The van der Waals surface area contributed by atoms with E-state index in [1.54, 1.807) is 42.5 Å². The summed E-state index contributed by atoms with van der Waals surface area (Å²) >= 11 is 0. The molecule has 0 saturated heterocycles. The van der Waals surface area contributed by atoms with Crippen molar-refractivity contribution in [2.75, 3.05) is 24.7 Å². The minimum atomic E-state index is -0.439. The number of unbranched alkanes of at least 4 members (excludes halogenated alkanes) is 4. The summed E-state index contributed by atoms with van der Waals surface area (Å²) in [5.41, 5.74) is 14.5. The van der Waals surface area contributed by atoms with Crippen LogP contribution in [0.15, 0.2) is 48.5 Å². The molecule has 0 unspecified atom stereocenters. The molecule has 0 atom stereocenters. The van der Waals surface area contributed by atoms with Crippen LogP contribution >= 0.6 is 0 Å².